The summed E-state index contributed by atoms with van der Waals surface area (Å²) in [6.07, 6.45) is 0.505. The summed E-state index contributed by atoms with van der Waals surface area (Å²) < 4.78 is 5.61. The van der Waals surface area contributed by atoms with E-state index in [4.69, 9.17) is 9.84 Å². The minimum absolute atomic E-state index is 0.00793. The van der Waals surface area contributed by atoms with Crippen LogP contribution in [0.3, 0.4) is 0 Å². The second kappa shape index (κ2) is 7.49. The number of piperidine rings is 1. The SMILES string of the molecule is CC(C)c1cccc(OCC(=O)N2CCC(C(=O)O)C(C)C2)c1. The average Bonchev–Trinajstić information content (AvgIpc) is 2.52. The van der Waals surface area contributed by atoms with Gasteiger partial charge in [-0.15, -0.1) is 0 Å². The van der Waals surface area contributed by atoms with E-state index in [0.29, 0.717) is 31.2 Å². The summed E-state index contributed by atoms with van der Waals surface area (Å²) in [7, 11) is 0. The van der Waals surface area contributed by atoms with Crippen LogP contribution in [0.4, 0.5) is 0 Å². The molecular weight excluding hydrogens is 294 g/mol. The van der Waals surface area contributed by atoms with Crippen LogP contribution in [0.25, 0.3) is 0 Å². The molecule has 1 aromatic rings. The third kappa shape index (κ3) is 4.47. The maximum Gasteiger partial charge on any atom is 0.306 e. The van der Waals surface area contributed by atoms with Gasteiger partial charge in [-0.2, -0.15) is 0 Å². The summed E-state index contributed by atoms with van der Waals surface area (Å²) in [5, 5.41) is 9.13. The molecule has 5 nitrogen and oxygen atoms in total. The number of carboxylic acids is 1. The van der Waals surface area contributed by atoms with E-state index >= 15 is 0 Å². The fourth-order valence-electron chi connectivity index (χ4n) is 2.94. The fourth-order valence-corrected chi connectivity index (χ4v) is 2.94. The maximum absolute atomic E-state index is 12.3. The van der Waals surface area contributed by atoms with Crippen molar-refractivity contribution in [2.24, 2.45) is 11.8 Å². The lowest BCUT2D eigenvalue weighted by Crippen LogP contribution is -2.46. The molecule has 0 spiro atoms. The van der Waals surface area contributed by atoms with E-state index in [9.17, 15) is 9.59 Å². The smallest absolute Gasteiger partial charge is 0.306 e. The molecule has 1 heterocycles. The highest BCUT2D eigenvalue weighted by atomic mass is 16.5. The average molecular weight is 319 g/mol. The number of carbonyl (C=O) groups is 2. The molecule has 2 atom stereocenters. The molecule has 1 aliphatic heterocycles. The van der Waals surface area contributed by atoms with Gasteiger partial charge in [0.15, 0.2) is 6.61 Å². The molecule has 1 fully saturated rings. The van der Waals surface area contributed by atoms with Crippen LogP contribution in [-0.2, 0) is 9.59 Å². The fraction of sp³-hybridized carbons (Fsp3) is 0.556. The standard InChI is InChI=1S/C18H25NO4/c1-12(2)14-5-4-6-15(9-14)23-11-17(20)19-8-7-16(18(21)22)13(3)10-19/h4-6,9,12-13,16H,7-8,10-11H2,1-3H3,(H,21,22). The van der Waals surface area contributed by atoms with E-state index in [1.165, 1.54) is 5.56 Å². The van der Waals surface area contributed by atoms with Gasteiger partial charge in [0.1, 0.15) is 5.75 Å². The molecule has 0 aromatic heterocycles. The second-order valence-electron chi connectivity index (χ2n) is 6.57. The Hall–Kier alpha value is -2.04. The van der Waals surface area contributed by atoms with Crippen molar-refractivity contribution >= 4 is 11.9 Å². The van der Waals surface area contributed by atoms with Crippen LogP contribution < -0.4 is 4.74 Å². The lowest BCUT2D eigenvalue weighted by atomic mass is 9.87. The minimum Gasteiger partial charge on any atom is -0.484 e. The Bertz CT molecular complexity index is 570. The number of carboxylic acid groups (broad SMARTS) is 1. The Morgan fingerprint density at radius 1 is 1.39 bits per heavy atom. The van der Waals surface area contributed by atoms with E-state index in [0.717, 1.165) is 0 Å². The highest BCUT2D eigenvalue weighted by Gasteiger charge is 2.32. The summed E-state index contributed by atoms with van der Waals surface area (Å²) in [5.74, 6) is -0.151. The van der Waals surface area contributed by atoms with Gasteiger partial charge in [-0.05, 0) is 36.0 Å². The van der Waals surface area contributed by atoms with Crippen molar-refractivity contribution in [2.75, 3.05) is 19.7 Å². The highest BCUT2D eigenvalue weighted by molar-refractivity contribution is 5.78. The molecule has 0 saturated carbocycles. The third-order valence-electron chi connectivity index (χ3n) is 4.46. The van der Waals surface area contributed by atoms with E-state index in [2.05, 4.69) is 13.8 Å². The Morgan fingerprint density at radius 2 is 2.13 bits per heavy atom. The first kappa shape index (κ1) is 17.3. The Balaban J connectivity index is 1.88. The number of hydrogen-bond donors (Lipinski definition) is 1. The number of benzene rings is 1. The monoisotopic (exact) mass is 319 g/mol. The van der Waals surface area contributed by atoms with Gasteiger partial charge in [-0.3, -0.25) is 9.59 Å². The first-order chi connectivity index (χ1) is 10.9. The van der Waals surface area contributed by atoms with Crippen LogP contribution in [0.1, 0.15) is 38.7 Å². The molecule has 2 unspecified atom stereocenters. The molecule has 1 aromatic carbocycles. The Labute approximate surface area is 137 Å². The lowest BCUT2D eigenvalue weighted by Gasteiger charge is -2.34. The maximum atomic E-state index is 12.3. The summed E-state index contributed by atoms with van der Waals surface area (Å²) in [5.41, 5.74) is 1.17. The number of ether oxygens (including phenoxy) is 1. The van der Waals surface area contributed by atoms with Crippen LogP contribution in [0.15, 0.2) is 24.3 Å². The van der Waals surface area contributed by atoms with Crippen LogP contribution >= 0.6 is 0 Å². The van der Waals surface area contributed by atoms with Crippen molar-refractivity contribution in [3.8, 4) is 5.75 Å². The molecule has 1 aliphatic rings. The number of aliphatic carboxylic acids is 1. The zero-order valence-corrected chi connectivity index (χ0v) is 14.0. The summed E-state index contributed by atoms with van der Waals surface area (Å²) in [4.78, 5) is 25.1. The highest BCUT2D eigenvalue weighted by Crippen LogP contribution is 2.24. The molecular formula is C18H25NO4. The summed E-state index contributed by atoms with van der Waals surface area (Å²) in [6, 6.07) is 7.77. The Kier molecular flexibility index (Phi) is 5.64. The molecule has 1 saturated heterocycles. The van der Waals surface area contributed by atoms with Crippen LogP contribution in [0, 0.1) is 11.8 Å². The normalized spacial score (nSPS) is 21.3. The van der Waals surface area contributed by atoms with Gasteiger partial charge < -0.3 is 14.7 Å². The summed E-state index contributed by atoms with van der Waals surface area (Å²) in [6.45, 7) is 7.05. The molecule has 0 bridgehead atoms. The quantitative estimate of drug-likeness (QED) is 0.906. The van der Waals surface area contributed by atoms with Gasteiger partial charge in [-0.1, -0.05) is 32.9 Å². The Morgan fingerprint density at radius 3 is 2.74 bits per heavy atom. The second-order valence-corrected chi connectivity index (χ2v) is 6.57. The molecule has 0 aliphatic carbocycles. The van der Waals surface area contributed by atoms with Crippen molar-refractivity contribution in [3.63, 3.8) is 0 Å². The third-order valence-corrected chi connectivity index (χ3v) is 4.46. The van der Waals surface area contributed by atoms with E-state index in [1.807, 2.05) is 31.2 Å². The van der Waals surface area contributed by atoms with Crippen molar-refractivity contribution in [1.82, 2.24) is 4.90 Å². The number of likely N-dealkylation sites (tertiary alicyclic amines) is 1. The van der Waals surface area contributed by atoms with E-state index < -0.39 is 5.97 Å². The number of rotatable bonds is 5. The molecule has 126 valence electrons. The van der Waals surface area contributed by atoms with Gasteiger partial charge in [0.05, 0.1) is 5.92 Å². The van der Waals surface area contributed by atoms with E-state index in [1.54, 1.807) is 4.90 Å². The molecule has 2 rings (SSSR count). The van der Waals surface area contributed by atoms with Crippen molar-refractivity contribution < 1.29 is 19.4 Å². The van der Waals surface area contributed by atoms with Crippen molar-refractivity contribution in [3.05, 3.63) is 29.8 Å². The largest absolute Gasteiger partial charge is 0.484 e. The van der Waals surface area contributed by atoms with Crippen LogP contribution in [0.5, 0.6) is 5.75 Å². The van der Waals surface area contributed by atoms with Gasteiger partial charge in [0.2, 0.25) is 0 Å². The predicted molar refractivity (Wildman–Crippen MR) is 87.5 cm³/mol. The number of hydrogen-bond acceptors (Lipinski definition) is 3. The van der Waals surface area contributed by atoms with Crippen molar-refractivity contribution in [1.29, 1.82) is 0 Å². The van der Waals surface area contributed by atoms with Gasteiger partial charge in [-0.25, -0.2) is 0 Å². The predicted octanol–water partition coefficient (Wildman–Crippen LogP) is 2.76. The van der Waals surface area contributed by atoms with Gasteiger partial charge in [0, 0.05) is 13.1 Å². The molecule has 1 amide bonds. The number of nitrogens with zero attached hydrogens (tertiary/aromatic N) is 1. The van der Waals surface area contributed by atoms with Crippen molar-refractivity contribution in [2.45, 2.75) is 33.1 Å². The number of carbonyl (C=O) groups excluding carboxylic acids is 1. The van der Waals surface area contributed by atoms with Gasteiger partial charge in [0.25, 0.3) is 5.91 Å². The first-order valence-electron chi connectivity index (χ1n) is 8.11. The van der Waals surface area contributed by atoms with Crippen LogP contribution in [-0.4, -0.2) is 41.6 Å². The molecule has 1 N–H and O–H groups in total. The zero-order chi connectivity index (χ0) is 17.0. The van der Waals surface area contributed by atoms with Crippen LogP contribution in [0.2, 0.25) is 0 Å². The first-order valence-corrected chi connectivity index (χ1v) is 8.11. The van der Waals surface area contributed by atoms with Gasteiger partial charge >= 0.3 is 5.97 Å². The topological polar surface area (TPSA) is 66.8 Å². The molecule has 0 radical (unpaired) electrons. The summed E-state index contributed by atoms with van der Waals surface area (Å²) >= 11 is 0. The number of amides is 1. The lowest BCUT2D eigenvalue weighted by molar-refractivity contribution is -0.148. The molecule has 5 heteroatoms. The zero-order valence-electron chi connectivity index (χ0n) is 14.0. The molecule has 23 heavy (non-hydrogen) atoms. The minimum atomic E-state index is -0.772. The van der Waals surface area contributed by atoms with E-state index in [-0.39, 0.29) is 24.3 Å².